The number of carbonyl (C=O) groups excluding carboxylic acids is 1. The number of amides is 1. The normalized spacial score (nSPS) is 19.4. The molecule has 30 heavy (non-hydrogen) atoms. The Balaban J connectivity index is 1.62. The van der Waals surface area contributed by atoms with Crippen LogP contribution in [0.1, 0.15) is 18.5 Å². The number of hydrogen-bond donors (Lipinski definition) is 1. The van der Waals surface area contributed by atoms with E-state index in [9.17, 15) is 14.7 Å². The van der Waals surface area contributed by atoms with E-state index in [1.54, 1.807) is 42.5 Å². The maximum absolute atomic E-state index is 13.0. The molecule has 1 unspecified atom stereocenters. The van der Waals surface area contributed by atoms with Crippen LogP contribution < -0.4 is 9.64 Å². The molecule has 2 aliphatic heterocycles. The Morgan fingerprint density at radius 2 is 1.87 bits per heavy atom. The van der Waals surface area contributed by atoms with E-state index in [1.165, 1.54) is 0 Å². The summed E-state index contributed by atoms with van der Waals surface area (Å²) in [5.41, 5.74) is 1.45. The van der Waals surface area contributed by atoms with Crippen molar-refractivity contribution in [2.24, 2.45) is 0 Å². The fourth-order valence-corrected chi connectivity index (χ4v) is 4.66. The number of para-hydroxylation sites is 2. The van der Waals surface area contributed by atoms with Crippen LogP contribution in [-0.2, 0) is 9.59 Å². The molecule has 152 valence electrons. The first-order chi connectivity index (χ1) is 14.5. The van der Waals surface area contributed by atoms with E-state index >= 15 is 0 Å². The van der Waals surface area contributed by atoms with Crippen LogP contribution in [0.25, 0.3) is 0 Å². The molecule has 4 rings (SSSR count). The molecule has 2 aromatic carbocycles. The number of carboxylic acids is 1. The van der Waals surface area contributed by atoms with Crippen LogP contribution in [0.4, 0.5) is 5.69 Å². The van der Waals surface area contributed by atoms with Crippen LogP contribution >= 0.6 is 24.0 Å². The smallest absolute Gasteiger partial charge is 0.331 e. The lowest BCUT2D eigenvalue weighted by atomic mass is 10.1. The van der Waals surface area contributed by atoms with E-state index < -0.39 is 17.9 Å². The Labute approximate surface area is 183 Å². The first-order valence-corrected chi connectivity index (χ1v) is 10.5. The monoisotopic (exact) mass is 438 g/mol. The molecule has 2 heterocycles. The van der Waals surface area contributed by atoms with Gasteiger partial charge in [-0.05, 0) is 30.7 Å². The maximum Gasteiger partial charge on any atom is 0.331 e. The Morgan fingerprint density at radius 3 is 2.57 bits per heavy atom. The van der Waals surface area contributed by atoms with Gasteiger partial charge in [0.25, 0.3) is 5.91 Å². The summed E-state index contributed by atoms with van der Waals surface area (Å²) in [4.78, 5) is 28.5. The standard InChI is InChI=1S/C22H18N2O4S2/c1-2-23-15-10-6-7-11-16(15)28-18(23)13-12-17-20(25)24(22(29)30-17)19(21(26)27)14-8-4-3-5-9-14/h3-13,19H,2H2,1H3,(H,26,27). The summed E-state index contributed by atoms with van der Waals surface area (Å²) in [6.07, 6.45) is 3.35. The fraction of sp³-hybridized carbons (Fsp3) is 0.136. The van der Waals surface area contributed by atoms with Gasteiger partial charge in [0.1, 0.15) is 4.32 Å². The molecule has 1 saturated heterocycles. The molecule has 2 aromatic rings. The summed E-state index contributed by atoms with van der Waals surface area (Å²) in [5.74, 6) is -0.219. The summed E-state index contributed by atoms with van der Waals surface area (Å²) < 4.78 is 6.11. The van der Waals surface area contributed by atoms with Crippen molar-refractivity contribution in [1.82, 2.24) is 4.90 Å². The van der Waals surface area contributed by atoms with Crippen molar-refractivity contribution in [3.63, 3.8) is 0 Å². The SMILES string of the molecule is CCN1C(=CC=C2SC(=S)N(C(C(=O)O)c3ccccc3)C2=O)Oc2ccccc21. The minimum atomic E-state index is -1.17. The van der Waals surface area contributed by atoms with Crippen molar-refractivity contribution in [3.05, 3.63) is 83.1 Å². The number of allylic oxidation sites excluding steroid dienone is 2. The van der Waals surface area contributed by atoms with Gasteiger partial charge in [-0.25, -0.2) is 4.79 Å². The number of anilines is 1. The zero-order valence-corrected chi connectivity index (χ0v) is 17.7. The Bertz CT molecular complexity index is 1080. The van der Waals surface area contributed by atoms with Gasteiger partial charge in [0.15, 0.2) is 11.8 Å². The molecule has 1 N–H and O–H groups in total. The Kier molecular flexibility index (Phi) is 5.61. The average Bonchev–Trinajstić information content (AvgIpc) is 3.24. The lowest BCUT2D eigenvalue weighted by molar-refractivity contribution is -0.145. The third-order valence-corrected chi connectivity index (χ3v) is 6.11. The van der Waals surface area contributed by atoms with Gasteiger partial charge in [-0.15, -0.1) is 0 Å². The number of fused-ring (bicyclic) bond motifs is 1. The first-order valence-electron chi connectivity index (χ1n) is 9.30. The van der Waals surface area contributed by atoms with Gasteiger partial charge in [0.2, 0.25) is 5.88 Å². The number of carboxylic acid groups (broad SMARTS) is 1. The number of thioether (sulfide) groups is 1. The lowest BCUT2D eigenvalue weighted by Gasteiger charge is -2.23. The molecule has 8 heteroatoms. The molecule has 1 atom stereocenters. The Hall–Kier alpha value is -3.10. The van der Waals surface area contributed by atoms with Crippen LogP contribution in [0, 0.1) is 0 Å². The van der Waals surface area contributed by atoms with Crippen molar-refractivity contribution in [1.29, 1.82) is 0 Å². The van der Waals surface area contributed by atoms with Gasteiger partial charge in [-0.2, -0.15) is 0 Å². The van der Waals surface area contributed by atoms with Crippen LogP contribution in [0.15, 0.2) is 77.5 Å². The average molecular weight is 439 g/mol. The van der Waals surface area contributed by atoms with E-state index in [0.717, 1.165) is 28.1 Å². The highest BCUT2D eigenvalue weighted by Crippen LogP contribution is 2.40. The molecule has 6 nitrogen and oxygen atoms in total. The van der Waals surface area contributed by atoms with Gasteiger partial charge in [0, 0.05) is 12.6 Å². The van der Waals surface area contributed by atoms with Crippen LogP contribution in [-0.4, -0.2) is 32.7 Å². The third kappa shape index (κ3) is 3.59. The number of carbonyl (C=O) groups is 2. The highest BCUT2D eigenvalue weighted by molar-refractivity contribution is 8.26. The van der Waals surface area contributed by atoms with Crippen molar-refractivity contribution in [2.75, 3.05) is 11.4 Å². The highest BCUT2D eigenvalue weighted by Gasteiger charge is 2.41. The fourth-order valence-electron chi connectivity index (χ4n) is 3.40. The summed E-state index contributed by atoms with van der Waals surface area (Å²) in [7, 11) is 0. The van der Waals surface area contributed by atoms with E-state index in [1.807, 2.05) is 36.1 Å². The molecular formula is C22H18N2O4S2. The predicted octanol–water partition coefficient (Wildman–Crippen LogP) is 4.32. The predicted molar refractivity (Wildman–Crippen MR) is 120 cm³/mol. The number of nitrogens with zero attached hydrogens (tertiary/aromatic N) is 2. The molecule has 0 aliphatic carbocycles. The Morgan fingerprint density at radius 1 is 1.17 bits per heavy atom. The lowest BCUT2D eigenvalue weighted by Crippen LogP contribution is -2.37. The van der Waals surface area contributed by atoms with Crippen molar-refractivity contribution >= 4 is 45.9 Å². The first kappa shape index (κ1) is 20.2. The van der Waals surface area contributed by atoms with E-state index in [4.69, 9.17) is 17.0 Å². The third-order valence-electron chi connectivity index (χ3n) is 4.76. The molecule has 0 aromatic heterocycles. The molecule has 0 saturated carbocycles. The van der Waals surface area contributed by atoms with E-state index in [2.05, 4.69) is 0 Å². The zero-order chi connectivity index (χ0) is 21.3. The topological polar surface area (TPSA) is 70.1 Å². The molecule has 2 aliphatic rings. The number of rotatable bonds is 5. The zero-order valence-electron chi connectivity index (χ0n) is 16.0. The van der Waals surface area contributed by atoms with E-state index in [0.29, 0.717) is 22.9 Å². The van der Waals surface area contributed by atoms with Crippen LogP contribution in [0.2, 0.25) is 0 Å². The number of thiocarbonyl (C=S) groups is 1. The van der Waals surface area contributed by atoms with Gasteiger partial charge < -0.3 is 14.7 Å². The molecule has 1 amide bonds. The van der Waals surface area contributed by atoms with Crippen LogP contribution in [0.3, 0.4) is 0 Å². The summed E-state index contributed by atoms with van der Waals surface area (Å²) in [5, 5.41) is 9.76. The molecule has 1 fully saturated rings. The molecule has 0 spiro atoms. The van der Waals surface area contributed by atoms with Crippen molar-refractivity contribution < 1.29 is 19.4 Å². The minimum absolute atomic E-state index is 0.212. The van der Waals surface area contributed by atoms with Gasteiger partial charge in [-0.3, -0.25) is 9.69 Å². The second-order valence-electron chi connectivity index (χ2n) is 6.54. The number of aliphatic carboxylic acids is 1. The van der Waals surface area contributed by atoms with Gasteiger partial charge >= 0.3 is 5.97 Å². The molecular weight excluding hydrogens is 420 g/mol. The summed E-state index contributed by atoms with van der Waals surface area (Å²) in [6.45, 7) is 2.71. The molecule has 0 radical (unpaired) electrons. The quantitative estimate of drug-likeness (QED) is 0.551. The summed E-state index contributed by atoms with van der Waals surface area (Å²) >= 11 is 6.43. The van der Waals surface area contributed by atoms with Crippen LogP contribution in [0.5, 0.6) is 5.75 Å². The van der Waals surface area contributed by atoms with E-state index in [-0.39, 0.29) is 4.32 Å². The number of benzene rings is 2. The second-order valence-corrected chi connectivity index (χ2v) is 8.22. The number of hydrogen-bond acceptors (Lipinski definition) is 6. The number of ether oxygens (including phenoxy) is 1. The second kappa shape index (κ2) is 8.33. The summed E-state index contributed by atoms with van der Waals surface area (Å²) in [6, 6.07) is 15.1. The maximum atomic E-state index is 13.0. The highest BCUT2D eigenvalue weighted by atomic mass is 32.2. The molecule has 0 bridgehead atoms. The van der Waals surface area contributed by atoms with Crippen molar-refractivity contribution in [3.8, 4) is 5.75 Å². The van der Waals surface area contributed by atoms with Gasteiger partial charge in [-0.1, -0.05) is 66.4 Å². The van der Waals surface area contributed by atoms with Crippen molar-refractivity contribution in [2.45, 2.75) is 13.0 Å². The minimum Gasteiger partial charge on any atom is -0.479 e. The largest absolute Gasteiger partial charge is 0.479 e. The van der Waals surface area contributed by atoms with Gasteiger partial charge in [0.05, 0.1) is 10.6 Å².